The van der Waals surface area contributed by atoms with Crippen molar-refractivity contribution in [1.82, 2.24) is 0 Å². The summed E-state index contributed by atoms with van der Waals surface area (Å²) in [5.41, 5.74) is 2.72. The van der Waals surface area contributed by atoms with Gasteiger partial charge in [-0.05, 0) is 48.6 Å². The fourth-order valence-electron chi connectivity index (χ4n) is 3.36. The zero-order valence-corrected chi connectivity index (χ0v) is 17.7. The number of nitrogens with zero attached hydrogens (tertiary/aromatic N) is 1. The van der Waals surface area contributed by atoms with Gasteiger partial charge in [0.05, 0.1) is 11.0 Å². The van der Waals surface area contributed by atoms with Crippen LogP contribution in [0.3, 0.4) is 0 Å². The number of hydrogen-bond acceptors (Lipinski definition) is 7. The molecule has 1 aliphatic heterocycles. The number of carbonyl (C=O) groups excluding carboxylic acids is 1. The molecule has 0 saturated carbocycles. The van der Waals surface area contributed by atoms with E-state index in [9.17, 15) is 20.3 Å². The monoisotopic (exact) mass is 503 g/mol. The maximum absolute atomic E-state index is 11.9. The van der Waals surface area contributed by atoms with Gasteiger partial charge in [0.1, 0.15) is 6.54 Å². The first-order valence-electron chi connectivity index (χ1n) is 8.21. The van der Waals surface area contributed by atoms with E-state index in [1.54, 1.807) is 6.08 Å². The van der Waals surface area contributed by atoms with Crippen LogP contribution < -0.4 is 5.26 Å². The molecule has 0 bridgehead atoms. The third-order valence-corrected chi connectivity index (χ3v) is 6.04. The van der Waals surface area contributed by atoms with Crippen molar-refractivity contribution < 1.29 is 34.2 Å². The predicted octanol–water partition coefficient (Wildman–Crippen LogP) is 2.77. The van der Waals surface area contributed by atoms with Crippen molar-refractivity contribution in [2.75, 3.05) is 12.3 Å². The summed E-state index contributed by atoms with van der Waals surface area (Å²) in [4.78, 5) is 11.9. The second-order valence-corrected chi connectivity index (χ2v) is 8.74. The van der Waals surface area contributed by atoms with E-state index in [0.717, 1.165) is 32.6 Å². The number of rotatable bonds is 7. The Kier molecular flexibility index (Phi) is 5.96. The molecule has 3 rings (SSSR count). The van der Waals surface area contributed by atoms with Gasteiger partial charge in [-0.3, -0.25) is 9.83 Å². The number of Topliss-reactive ketones (excluding diaryl/α,β-unsaturated/α-hetero) is 1. The molecule has 1 aromatic carbocycles. The molecule has 144 valence electrons. The summed E-state index contributed by atoms with van der Waals surface area (Å²) >= 11 is 3.19. The Morgan fingerprint density at radius 1 is 1.33 bits per heavy atom. The summed E-state index contributed by atoms with van der Waals surface area (Å²) in [6, 6.07) is 6.15. The smallest absolute Gasteiger partial charge is 0.235 e. The maximum Gasteiger partial charge on any atom is 0.235 e. The van der Waals surface area contributed by atoms with Gasteiger partial charge in [-0.15, -0.1) is 0 Å². The molecule has 9 heteroatoms. The van der Waals surface area contributed by atoms with Gasteiger partial charge >= 0.3 is 0 Å². The molecule has 0 fully saturated rings. The lowest BCUT2D eigenvalue weighted by atomic mass is 9.79. The largest absolute Gasteiger partial charge is 0.691 e. The number of ketones is 1. The van der Waals surface area contributed by atoms with E-state index in [1.807, 2.05) is 12.1 Å². The number of aliphatic hydroxyl groups excluding tert-OH is 2. The highest BCUT2D eigenvalue weighted by atomic mass is 127. The Morgan fingerprint density at radius 3 is 2.74 bits per heavy atom. The van der Waals surface area contributed by atoms with Crippen molar-refractivity contribution in [1.29, 1.82) is 0 Å². The molecule has 2 aliphatic rings. The Labute approximate surface area is 174 Å². The van der Waals surface area contributed by atoms with Crippen LogP contribution >= 0.6 is 34.6 Å². The first-order chi connectivity index (χ1) is 12.8. The summed E-state index contributed by atoms with van der Waals surface area (Å²) < 4.78 is 7.49. The Hall–Kier alpha value is -1.40. The van der Waals surface area contributed by atoms with Gasteiger partial charge in [-0.25, -0.2) is 0 Å². The average molecular weight is 503 g/mol. The predicted molar refractivity (Wildman–Crippen MR) is 107 cm³/mol. The summed E-state index contributed by atoms with van der Waals surface area (Å²) in [5.74, 6) is -0.973. The molecular weight excluding hydrogens is 485 g/mol. The van der Waals surface area contributed by atoms with Gasteiger partial charge in [0.15, 0.2) is 11.5 Å². The summed E-state index contributed by atoms with van der Waals surface area (Å²) in [6.45, 7) is 4.73. The van der Waals surface area contributed by atoms with Crippen LogP contribution in [0.5, 0.6) is 0 Å². The van der Waals surface area contributed by atoms with Crippen molar-refractivity contribution in [2.45, 2.75) is 25.7 Å². The van der Waals surface area contributed by atoms with Crippen LogP contribution in [0.4, 0.5) is 5.69 Å². The van der Waals surface area contributed by atoms with Crippen molar-refractivity contribution >= 4 is 51.8 Å². The third kappa shape index (κ3) is 3.66. The highest BCUT2D eigenvalue weighted by molar-refractivity contribution is 14.1. The van der Waals surface area contributed by atoms with Crippen molar-refractivity contribution in [3.8, 4) is 0 Å². The molecular formula is C18H18INO6S. The van der Waals surface area contributed by atoms with E-state index >= 15 is 0 Å². The number of fused-ring (bicyclic) bond motifs is 1. The van der Waals surface area contributed by atoms with Crippen LogP contribution in [0.2, 0.25) is 0 Å². The minimum atomic E-state index is -0.595. The number of hydrogen-bond donors (Lipinski definition) is 2. The fourth-order valence-corrected chi connectivity index (χ4v) is 4.21. The van der Waals surface area contributed by atoms with E-state index in [4.69, 9.17) is 0 Å². The van der Waals surface area contributed by atoms with E-state index in [0.29, 0.717) is 18.7 Å². The first-order valence-corrected chi connectivity index (χ1v) is 10.2. The normalized spacial score (nSPS) is 19.7. The molecule has 0 saturated heterocycles. The molecule has 0 spiro atoms. The third-order valence-electron chi connectivity index (χ3n) is 4.76. The molecule has 0 radical (unpaired) electrons. The van der Waals surface area contributed by atoms with Crippen LogP contribution in [-0.2, 0) is 19.6 Å². The van der Waals surface area contributed by atoms with Gasteiger partial charge in [0, 0.05) is 45.5 Å². The van der Waals surface area contributed by atoms with E-state index in [-0.39, 0.29) is 11.3 Å². The van der Waals surface area contributed by atoms with Crippen LogP contribution in [0.25, 0.3) is 0 Å². The molecule has 1 aromatic rings. The highest BCUT2D eigenvalue weighted by Gasteiger charge is 2.46. The van der Waals surface area contributed by atoms with Crippen LogP contribution in [0, 0.1) is 3.57 Å². The minimum Gasteiger partial charge on any atom is -0.691 e. The average Bonchev–Trinajstić information content (AvgIpc) is 2.85. The lowest BCUT2D eigenvalue weighted by molar-refractivity contribution is -0.777. The molecule has 27 heavy (non-hydrogen) atoms. The second kappa shape index (κ2) is 7.92. The zero-order chi connectivity index (χ0) is 19.8. The van der Waals surface area contributed by atoms with Crippen LogP contribution in [0.15, 0.2) is 41.4 Å². The fraction of sp³-hybridized carbons (Fsp3) is 0.333. The van der Waals surface area contributed by atoms with Gasteiger partial charge < -0.3 is 15.5 Å². The van der Waals surface area contributed by atoms with Crippen LogP contribution in [-0.4, -0.2) is 38.6 Å². The molecule has 0 amide bonds. The molecule has 0 unspecified atom stereocenters. The summed E-state index contributed by atoms with van der Waals surface area (Å²) in [5, 5.41) is 32.5. The van der Waals surface area contributed by atoms with Crippen molar-refractivity contribution in [2.24, 2.45) is 0 Å². The number of carbonyl (C=O) groups is 1. The molecule has 0 aromatic heterocycles. The molecule has 1 aliphatic carbocycles. The standard InChI is InChI=1S/C18H18INO6S/c1-18(2)12-8-10(19)4-5-13(12)20(6-3-7-27-26-25-24)14(18)9-11-15(21)17(23)16(11)22/h4-5,8-9H,3,6-7H2,1-2H3,(H2,21,22,24). The van der Waals surface area contributed by atoms with Gasteiger partial charge in [-0.2, -0.15) is 8.91 Å². The lowest BCUT2D eigenvalue weighted by Crippen LogP contribution is -2.31. The molecule has 7 nitrogen and oxygen atoms in total. The van der Waals surface area contributed by atoms with Gasteiger partial charge in [0.2, 0.25) is 17.2 Å². The van der Waals surface area contributed by atoms with E-state index in [2.05, 4.69) is 56.5 Å². The Bertz CT molecular complexity index is 890. The van der Waals surface area contributed by atoms with Crippen molar-refractivity contribution in [3.05, 3.63) is 50.5 Å². The van der Waals surface area contributed by atoms with Crippen LogP contribution in [0.1, 0.15) is 25.8 Å². The van der Waals surface area contributed by atoms with Crippen molar-refractivity contribution in [3.63, 3.8) is 0 Å². The number of halogens is 1. The maximum atomic E-state index is 11.9. The van der Waals surface area contributed by atoms with Gasteiger partial charge in [0.25, 0.3) is 0 Å². The van der Waals surface area contributed by atoms with E-state index in [1.165, 1.54) is 0 Å². The molecule has 1 heterocycles. The number of aliphatic hydroxyl groups is 2. The molecule has 2 N–H and O–H groups in total. The van der Waals surface area contributed by atoms with Gasteiger partial charge in [-0.1, -0.05) is 0 Å². The first kappa shape index (κ1) is 20.3. The number of benzene rings is 1. The Balaban J connectivity index is 2.00. The van der Waals surface area contributed by atoms with E-state index < -0.39 is 17.0 Å². The second-order valence-electron chi connectivity index (χ2n) is 6.72. The Morgan fingerprint density at radius 2 is 2.07 bits per heavy atom. The summed E-state index contributed by atoms with van der Waals surface area (Å²) in [6.07, 6.45) is 2.35. The lowest BCUT2D eigenvalue weighted by Gasteiger charge is -2.19. The topological polar surface area (TPSA) is 102 Å². The zero-order valence-electron chi connectivity index (χ0n) is 14.7. The summed E-state index contributed by atoms with van der Waals surface area (Å²) in [7, 11) is 0. The molecule has 0 atom stereocenters. The minimum absolute atomic E-state index is 0.112. The highest BCUT2D eigenvalue weighted by Crippen LogP contribution is 2.42. The number of allylic oxidation sites excluding steroid dienone is 3. The SMILES string of the molecule is CC1(C)C(/C=C2\C(=O)C(O)=C2O)=[N+](CCCSOO[O-])c2ccc(I)cc21. The quantitative estimate of drug-likeness (QED) is 0.112.